The molecule has 1 aromatic heterocycles. The predicted molar refractivity (Wildman–Crippen MR) is 115 cm³/mol. The number of benzene rings is 1. The van der Waals surface area contributed by atoms with Crippen molar-refractivity contribution in [1.29, 1.82) is 0 Å². The quantitative estimate of drug-likeness (QED) is 0.429. The standard InChI is InChI=1S/C19H23FN4OS.C2HF3O2/c1-12-9-13(2)23-19(22-12)26-16-5-3-15(4-6-16)24-18(25)10-14-7-8-21-11-17(14)20;3-2(4,5)1(6)7/h3-6,9,14,17,21H,7-8,10-11H2,1-2H3,(H,24,25);(H,6,7). The number of nitrogens with one attached hydrogen (secondary N) is 2. The molecule has 33 heavy (non-hydrogen) atoms. The number of carboxylic acids is 1. The largest absolute Gasteiger partial charge is 0.490 e. The van der Waals surface area contributed by atoms with Crippen LogP contribution in [0.4, 0.5) is 23.2 Å². The van der Waals surface area contributed by atoms with Crippen molar-refractivity contribution in [2.75, 3.05) is 18.4 Å². The highest BCUT2D eigenvalue weighted by Crippen LogP contribution is 2.27. The number of rotatable bonds is 5. The van der Waals surface area contributed by atoms with Crippen molar-refractivity contribution in [2.45, 2.75) is 49.1 Å². The molecule has 2 heterocycles. The van der Waals surface area contributed by atoms with Crippen LogP contribution in [0.3, 0.4) is 0 Å². The maximum atomic E-state index is 13.8. The minimum absolute atomic E-state index is 0.141. The highest BCUT2D eigenvalue weighted by Gasteiger charge is 2.38. The van der Waals surface area contributed by atoms with Crippen LogP contribution in [-0.4, -0.2) is 52.4 Å². The molecular weight excluding hydrogens is 464 g/mol. The summed E-state index contributed by atoms with van der Waals surface area (Å²) in [5.74, 6) is -3.10. The Labute approximate surface area is 192 Å². The van der Waals surface area contributed by atoms with E-state index in [2.05, 4.69) is 20.6 Å². The summed E-state index contributed by atoms with van der Waals surface area (Å²) < 4.78 is 45.5. The summed E-state index contributed by atoms with van der Waals surface area (Å²) in [5.41, 5.74) is 2.59. The van der Waals surface area contributed by atoms with Crippen LogP contribution in [-0.2, 0) is 9.59 Å². The average Bonchev–Trinajstić information content (AvgIpc) is 2.70. The fourth-order valence-electron chi connectivity index (χ4n) is 3.01. The number of carboxylic acid groups (broad SMARTS) is 1. The van der Waals surface area contributed by atoms with Crippen molar-refractivity contribution < 1.29 is 32.3 Å². The maximum absolute atomic E-state index is 13.8. The van der Waals surface area contributed by atoms with E-state index in [1.165, 1.54) is 11.8 Å². The van der Waals surface area contributed by atoms with Gasteiger partial charge in [-0.2, -0.15) is 13.2 Å². The van der Waals surface area contributed by atoms with Crippen LogP contribution in [0.25, 0.3) is 0 Å². The molecule has 0 radical (unpaired) electrons. The number of nitrogens with zero attached hydrogens (tertiary/aromatic N) is 2. The molecule has 0 spiro atoms. The molecule has 1 saturated heterocycles. The fraction of sp³-hybridized carbons (Fsp3) is 0.429. The first-order valence-corrected chi connectivity index (χ1v) is 10.8. The summed E-state index contributed by atoms with van der Waals surface area (Å²) in [6, 6.07) is 9.47. The fourth-order valence-corrected chi connectivity index (χ4v) is 3.87. The molecule has 0 bridgehead atoms. The summed E-state index contributed by atoms with van der Waals surface area (Å²) in [6.45, 7) is 5.00. The molecule has 1 aliphatic rings. The van der Waals surface area contributed by atoms with Gasteiger partial charge in [-0.3, -0.25) is 4.79 Å². The number of carbonyl (C=O) groups is 2. The first-order chi connectivity index (χ1) is 15.4. The lowest BCUT2D eigenvalue weighted by Crippen LogP contribution is -2.39. The Morgan fingerprint density at radius 1 is 1.18 bits per heavy atom. The second-order valence-electron chi connectivity index (χ2n) is 7.38. The van der Waals surface area contributed by atoms with Crippen LogP contribution in [0.5, 0.6) is 0 Å². The van der Waals surface area contributed by atoms with E-state index in [9.17, 15) is 22.4 Å². The van der Waals surface area contributed by atoms with E-state index in [0.717, 1.165) is 22.8 Å². The molecule has 12 heteroatoms. The van der Waals surface area contributed by atoms with E-state index in [-0.39, 0.29) is 18.2 Å². The van der Waals surface area contributed by atoms with Gasteiger partial charge in [0.2, 0.25) is 5.91 Å². The van der Waals surface area contributed by atoms with Crippen molar-refractivity contribution in [3.8, 4) is 0 Å². The summed E-state index contributed by atoms with van der Waals surface area (Å²) in [4.78, 5) is 30.9. The molecular formula is C21H24F4N4O3S. The lowest BCUT2D eigenvalue weighted by molar-refractivity contribution is -0.192. The van der Waals surface area contributed by atoms with Gasteiger partial charge in [0.1, 0.15) is 6.17 Å². The van der Waals surface area contributed by atoms with Crippen LogP contribution in [0.1, 0.15) is 24.2 Å². The predicted octanol–water partition coefficient (Wildman–Crippen LogP) is 4.15. The van der Waals surface area contributed by atoms with Gasteiger partial charge in [-0.15, -0.1) is 0 Å². The number of aryl methyl sites for hydroxylation is 2. The maximum Gasteiger partial charge on any atom is 0.490 e. The first kappa shape index (κ1) is 26.5. The third-order valence-electron chi connectivity index (χ3n) is 4.54. The minimum Gasteiger partial charge on any atom is -0.475 e. The molecule has 7 nitrogen and oxygen atoms in total. The third kappa shape index (κ3) is 9.34. The van der Waals surface area contributed by atoms with Crippen LogP contribution in [0.15, 0.2) is 40.4 Å². The molecule has 0 saturated carbocycles. The van der Waals surface area contributed by atoms with E-state index in [1.807, 2.05) is 44.2 Å². The SMILES string of the molecule is Cc1cc(C)nc(Sc2ccc(NC(=O)CC3CCNCC3F)cc2)n1.O=C(O)C(F)(F)F. The van der Waals surface area contributed by atoms with Gasteiger partial charge < -0.3 is 15.7 Å². The number of anilines is 1. The Balaban J connectivity index is 0.000000479. The lowest BCUT2D eigenvalue weighted by Gasteiger charge is -2.26. The molecule has 3 rings (SSSR count). The summed E-state index contributed by atoms with van der Waals surface area (Å²) >= 11 is 1.48. The van der Waals surface area contributed by atoms with E-state index in [1.54, 1.807) is 0 Å². The van der Waals surface area contributed by atoms with E-state index < -0.39 is 18.3 Å². The zero-order valence-corrected chi connectivity index (χ0v) is 18.8. The zero-order chi connectivity index (χ0) is 24.6. The molecule has 0 aliphatic carbocycles. The number of hydrogen-bond donors (Lipinski definition) is 3. The van der Waals surface area contributed by atoms with Gasteiger partial charge in [-0.25, -0.2) is 19.2 Å². The number of carbonyl (C=O) groups excluding carboxylic acids is 1. The summed E-state index contributed by atoms with van der Waals surface area (Å²) in [5, 5.41) is 13.7. The molecule has 2 unspecified atom stereocenters. The van der Waals surface area contributed by atoms with Crippen LogP contribution >= 0.6 is 11.8 Å². The molecule has 1 aromatic carbocycles. The first-order valence-electron chi connectivity index (χ1n) is 9.99. The number of aromatic nitrogens is 2. The van der Waals surface area contributed by atoms with Gasteiger partial charge in [0.05, 0.1) is 0 Å². The average molecular weight is 489 g/mol. The number of aliphatic carboxylic acids is 1. The minimum atomic E-state index is -5.08. The van der Waals surface area contributed by atoms with Crippen molar-refractivity contribution in [1.82, 2.24) is 15.3 Å². The van der Waals surface area contributed by atoms with Crippen molar-refractivity contribution >= 4 is 29.3 Å². The second-order valence-corrected chi connectivity index (χ2v) is 8.42. The molecule has 1 aliphatic heterocycles. The normalized spacial score (nSPS) is 18.1. The van der Waals surface area contributed by atoms with E-state index in [4.69, 9.17) is 9.90 Å². The molecule has 1 fully saturated rings. The van der Waals surface area contributed by atoms with Crippen LogP contribution in [0.2, 0.25) is 0 Å². The lowest BCUT2D eigenvalue weighted by atomic mass is 9.92. The summed E-state index contributed by atoms with van der Waals surface area (Å²) in [6.07, 6.45) is -5.12. The van der Waals surface area contributed by atoms with Gasteiger partial charge in [-0.05, 0) is 68.9 Å². The number of halogens is 4. The third-order valence-corrected chi connectivity index (χ3v) is 5.41. The zero-order valence-electron chi connectivity index (χ0n) is 17.9. The topological polar surface area (TPSA) is 104 Å². The number of alkyl halides is 4. The van der Waals surface area contributed by atoms with Gasteiger partial charge >= 0.3 is 12.1 Å². The van der Waals surface area contributed by atoms with Gasteiger partial charge in [0, 0.05) is 40.9 Å². The number of piperidine rings is 1. The van der Waals surface area contributed by atoms with Crippen LogP contribution < -0.4 is 10.6 Å². The van der Waals surface area contributed by atoms with Gasteiger partial charge in [0.25, 0.3) is 0 Å². The monoisotopic (exact) mass is 488 g/mol. The Bertz CT molecular complexity index is 937. The number of hydrogen-bond acceptors (Lipinski definition) is 6. The Morgan fingerprint density at radius 2 is 1.76 bits per heavy atom. The van der Waals surface area contributed by atoms with Gasteiger partial charge in [-0.1, -0.05) is 0 Å². The molecule has 2 aromatic rings. The Morgan fingerprint density at radius 3 is 2.27 bits per heavy atom. The van der Waals surface area contributed by atoms with Crippen molar-refractivity contribution in [2.24, 2.45) is 5.92 Å². The Hall–Kier alpha value is -2.73. The highest BCUT2D eigenvalue weighted by atomic mass is 32.2. The van der Waals surface area contributed by atoms with Crippen molar-refractivity contribution in [3.63, 3.8) is 0 Å². The molecule has 2 atom stereocenters. The number of amides is 1. The Kier molecular flexibility index (Phi) is 9.59. The second kappa shape index (κ2) is 11.9. The highest BCUT2D eigenvalue weighted by molar-refractivity contribution is 7.99. The van der Waals surface area contributed by atoms with Crippen LogP contribution in [0, 0.1) is 19.8 Å². The smallest absolute Gasteiger partial charge is 0.475 e. The van der Waals surface area contributed by atoms with E-state index >= 15 is 0 Å². The van der Waals surface area contributed by atoms with Crippen molar-refractivity contribution in [3.05, 3.63) is 41.7 Å². The molecule has 180 valence electrons. The summed E-state index contributed by atoms with van der Waals surface area (Å²) in [7, 11) is 0. The van der Waals surface area contributed by atoms with Gasteiger partial charge in [0.15, 0.2) is 5.16 Å². The van der Waals surface area contributed by atoms with E-state index in [0.29, 0.717) is 23.8 Å². The molecule has 3 N–H and O–H groups in total. The molecule has 1 amide bonds.